The van der Waals surface area contributed by atoms with Crippen molar-refractivity contribution < 1.29 is 9.53 Å². The molecule has 0 unspecified atom stereocenters. The number of carbonyl (C=O) groups is 1. The molecule has 1 rings (SSSR count). The van der Waals surface area contributed by atoms with E-state index in [9.17, 15) is 4.79 Å². The van der Waals surface area contributed by atoms with Crippen molar-refractivity contribution in [2.45, 2.75) is 6.92 Å². The normalized spacial score (nSPS) is 10.6. The molecule has 1 heterocycles. The third-order valence-electron chi connectivity index (χ3n) is 1.36. The van der Waals surface area contributed by atoms with Crippen LogP contribution in [0, 0.1) is 0 Å². The summed E-state index contributed by atoms with van der Waals surface area (Å²) in [5, 5.41) is 3.50. The third kappa shape index (κ3) is 2.29. The van der Waals surface area contributed by atoms with Crippen LogP contribution in [-0.2, 0) is 4.74 Å². The van der Waals surface area contributed by atoms with Crippen LogP contribution in [0.4, 0.5) is 5.82 Å². The van der Waals surface area contributed by atoms with Crippen LogP contribution in [0.1, 0.15) is 17.3 Å². The maximum atomic E-state index is 11.2. The molecule has 1 N–H and O–H groups in total. The first-order valence-corrected chi connectivity index (χ1v) is 4.00. The molecule has 1 aromatic heterocycles. The van der Waals surface area contributed by atoms with E-state index < -0.39 is 5.97 Å². The van der Waals surface area contributed by atoms with Crippen LogP contribution >= 0.6 is 11.8 Å². The molecule has 0 aliphatic heterocycles. The maximum absolute atomic E-state index is 11.2. The number of nitrogens with one attached hydrogen (secondary N) is 1. The summed E-state index contributed by atoms with van der Waals surface area (Å²) >= 11 is 5.03. The minimum absolute atomic E-state index is 0.299. The van der Waals surface area contributed by atoms with Gasteiger partial charge in [0, 0.05) is 6.20 Å². The first kappa shape index (κ1) is 9.73. The third-order valence-corrected chi connectivity index (χ3v) is 1.43. The predicted octanol–water partition coefficient (Wildman–Crippen LogP) is 2.43. The lowest BCUT2D eigenvalue weighted by atomic mass is 10.3. The quantitative estimate of drug-likeness (QED) is 0.603. The molecule has 0 bridgehead atoms. The van der Waals surface area contributed by atoms with Gasteiger partial charge in [-0.15, -0.1) is 5.11 Å². The fraction of sp³-hybridized carbons (Fsp3) is 0.286. The van der Waals surface area contributed by atoms with Gasteiger partial charge in [-0.2, -0.15) is 0 Å². The number of aromatic amines is 1. The van der Waals surface area contributed by atoms with Crippen molar-refractivity contribution in [1.82, 2.24) is 4.98 Å². The van der Waals surface area contributed by atoms with Crippen molar-refractivity contribution >= 4 is 23.6 Å². The number of nitrogens with zero attached hydrogens (tertiary/aromatic N) is 2. The highest BCUT2D eigenvalue weighted by molar-refractivity contribution is 6.14. The number of halogens is 1. The Morgan fingerprint density at radius 3 is 3.15 bits per heavy atom. The molecule has 0 aromatic carbocycles. The highest BCUT2D eigenvalue weighted by atomic mass is 35.5. The van der Waals surface area contributed by atoms with E-state index in [0.717, 1.165) is 0 Å². The zero-order chi connectivity index (χ0) is 9.68. The Kier molecular flexibility index (Phi) is 3.45. The molecule has 13 heavy (non-hydrogen) atoms. The highest BCUT2D eigenvalue weighted by Crippen LogP contribution is 2.18. The Morgan fingerprint density at radius 2 is 2.54 bits per heavy atom. The van der Waals surface area contributed by atoms with Crippen LogP contribution in [0.15, 0.2) is 22.0 Å². The first-order valence-electron chi connectivity index (χ1n) is 3.66. The Hall–Kier alpha value is -1.36. The van der Waals surface area contributed by atoms with Crippen LogP contribution in [0.5, 0.6) is 0 Å². The zero-order valence-electron chi connectivity index (χ0n) is 6.95. The first-order chi connectivity index (χ1) is 6.29. The summed E-state index contributed by atoms with van der Waals surface area (Å²) in [6.45, 7) is 2.05. The van der Waals surface area contributed by atoms with Gasteiger partial charge < -0.3 is 9.72 Å². The Balaban J connectivity index is 2.87. The summed E-state index contributed by atoms with van der Waals surface area (Å²) in [6, 6.07) is 1.55. The van der Waals surface area contributed by atoms with Crippen molar-refractivity contribution in [3.05, 3.63) is 17.8 Å². The second-order valence-electron chi connectivity index (χ2n) is 2.14. The summed E-state index contributed by atoms with van der Waals surface area (Å²) < 4.78 is 7.81. The smallest absolute Gasteiger partial charge is 0.342 e. The van der Waals surface area contributed by atoms with Crippen molar-refractivity contribution in [2.75, 3.05) is 6.61 Å². The number of aromatic nitrogens is 1. The molecule has 0 aliphatic rings. The van der Waals surface area contributed by atoms with E-state index in [1.54, 1.807) is 19.2 Å². The van der Waals surface area contributed by atoms with E-state index >= 15 is 0 Å². The number of hydrogen-bond acceptors (Lipinski definition) is 4. The molecular weight excluding hydrogens is 194 g/mol. The van der Waals surface area contributed by atoms with Gasteiger partial charge in [-0.1, -0.05) is 4.63 Å². The molecule has 6 heteroatoms. The number of carbonyl (C=O) groups excluding carboxylic acids is 1. The number of H-pyrrole nitrogens is 1. The lowest BCUT2D eigenvalue weighted by Crippen LogP contribution is -2.03. The van der Waals surface area contributed by atoms with Gasteiger partial charge in [0.15, 0.2) is 5.82 Å². The van der Waals surface area contributed by atoms with Crippen LogP contribution in [0.3, 0.4) is 0 Å². The van der Waals surface area contributed by atoms with E-state index in [4.69, 9.17) is 16.5 Å². The predicted molar refractivity (Wildman–Crippen MR) is 47.1 cm³/mol. The van der Waals surface area contributed by atoms with Crippen molar-refractivity contribution in [3.8, 4) is 0 Å². The summed E-state index contributed by atoms with van der Waals surface area (Å²) in [5.41, 5.74) is 0.325. The second kappa shape index (κ2) is 4.61. The molecule has 0 spiro atoms. The summed E-state index contributed by atoms with van der Waals surface area (Å²) in [6.07, 6.45) is 1.56. The van der Waals surface area contributed by atoms with Crippen LogP contribution in [0.2, 0.25) is 0 Å². The molecule has 0 amide bonds. The largest absolute Gasteiger partial charge is 0.462 e. The van der Waals surface area contributed by atoms with Crippen molar-refractivity contribution in [2.24, 2.45) is 9.75 Å². The zero-order valence-corrected chi connectivity index (χ0v) is 7.71. The lowest BCUT2D eigenvalue weighted by Gasteiger charge is -1.98. The van der Waals surface area contributed by atoms with Gasteiger partial charge in [-0.25, -0.2) is 4.79 Å². The molecule has 5 nitrogen and oxygen atoms in total. The van der Waals surface area contributed by atoms with Gasteiger partial charge in [0.2, 0.25) is 0 Å². The van der Waals surface area contributed by atoms with E-state index in [2.05, 4.69) is 14.7 Å². The average Bonchev–Trinajstić information content (AvgIpc) is 2.54. The summed E-state index contributed by atoms with van der Waals surface area (Å²) in [7, 11) is 0. The number of rotatable bonds is 3. The van der Waals surface area contributed by atoms with Crippen LogP contribution in [0.25, 0.3) is 0 Å². The molecule has 70 valence electrons. The molecular formula is C7H8ClN3O2. The molecule has 0 atom stereocenters. The summed E-state index contributed by atoms with van der Waals surface area (Å²) in [5.74, 6) is -0.142. The SMILES string of the molecule is CCOC(=O)c1cc[nH]c1/N=N/Cl. The molecule has 0 aliphatic carbocycles. The molecule has 0 saturated carbocycles. The Bertz CT molecular complexity index is 321. The molecule has 0 radical (unpaired) electrons. The van der Waals surface area contributed by atoms with Gasteiger partial charge in [0.1, 0.15) is 5.56 Å². The van der Waals surface area contributed by atoms with Gasteiger partial charge >= 0.3 is 5.97 Å². The highest BCUT2D eigenvalue weighted by Gasteiger charge is 2.12. The second-order valence-corrected chi connectivity index (χ2v) is 2.29. The van der Waals surface area contributed by atoms with Crippen LogP contribution in [-0.4, -0.2) is 17.6 Å². The van der Waals surface area contributed by atoms with Crippen molar-refractivity contribution in [3.63, 3.8) is 0 Å². The summed E-state index contributed by atoms with van der Waals surface area (Å²) in [4.78, 5) is 13.9. The van der Waals surface area contributed by atoms with Crippen LogP contribution < -0.4 is 0 Å². The average molecular weight is 202 g/mol. The Morgan fingerprint density at radius 1 is 1.77 bits per heavy atom. The minimum Gasteiger partial charge on any atom is -0.462 e. The fourth-order valence-electron chi connectivity index (χ4n) is 0.855. The standard InChI is InChI=1S/C7H8ClN3O2/c1-2-13-7(12)5-3-4-9-6(5)10-11-8/h3-4,9H,2H2,1H3/b11-10+. The van der Waals surface area contributed by atoms with E-state index in [1.807, 2.05) is 0 Å². The fourth-order valence-corrected chi connectivity index (χ4v) is 0.930. The van der Waals surface area contributed by atoms with E-state index in [-0.39, 0.29) is 0 Å². The molecule has 0 fully saturated rings. The van der Waals surface area contributed by atoms with Gasteiger partial charge in [0.25, 0.3) is 0 Å². The Labute approximate surface area is 79.9 Å². The molecule has 1 aromatic rings. The molecule has 0 saturated heterocycles. The van der Waals surface area contributed by atoms with Gasteiger partial charge in [-0.05, 0) is 13.0 Å². The van der Waals surface area contributed by atoms with Gasteiger partial charge in [0.05, 0.1) is 18.4 Å². The lowest BCUT2D eigenvalue weighted by molar-refractivity contribution is 0.0527. The van der Waals surface area contributed by atoms with Gasteiger partial charge in [-0.3, -0.25) is 0 Å². The van der Waals surface area contributed by atoms with E-state index in [1.165, 1.54) is 0 Å². The number of esters is 1. The number of ether oxygens (including phenoxy) is 1. The minimum atomic E-state index is -0.442. The monoisotopic (exact) mass is 201 g/mol. The van der Waals surface area contributed by atoms with Crippen molar-refractivity contribution in [1.29, 1.82) is 0 Å². The topological polar surface area (TPSA) is 66.8 Å². The maximum Gasteiger partial charge on any atom is 0.342 e. The van der Waals surface area contributed by atoms with E-state index in [0.29, 0.717) is 18.0 Å². The number of hydrogen-bond donors (Lipinski definition) is 1.